The molecule has 2 N–H and O–H groups in total. The topological polar surface area (TPSA) is 76.9 Å². The standard InChI is InChI=1S/C18H12N2O2/c19-11-16-15(10-17(21)18(22)20-16)14-8-4-7-13(9-14)12-5-2-1-3-6-12/h1-10,21H,(H,20,22). The minimum absolute atomic E-state index is 0.132. The molecule has 0 radical (unpaired) electrons. The predicted molar refractivity (Wildman–Crippen MR) is 84.3 cm³/mol. The summed E-state index contributed by atoms with van der Waals surface area (Å²) in [5.41, 5.74) is 2.76. The van der Waals surface area contributed by atoms with Crippen LogP contribution >= 0.6 is 0 Å². The van der Waals surface area contributed by atoms with Crippen molar-refractivity contribution in [3.05, 3.63) is 76.7 Å². The molecule has 0 aliphatic heterocycles. The molecular weight excluding hydrogens is 276 g/mol. The third-order valence-corrected chi connectivity index (χ3v) is 3.41. The van der Waals surface area contributed by atoms with Gasteiger partial charge in [-0.05, 0) is 28.8 Å². The number of nitrogens with one attached hydrogen (secondary N) is 1. The van der Waals surface area contributed by atoms with Gasteiger partial charge in [-0.1, -0.05) is 48.5 Å². The summed E-state index contributed by atoms with van der Waals surface area (Å²) in [5.74, 6) is -0.404. The molecule has 3 rings (SSSR count). The minimum atomic E-state index is -0.667. The van der Waals surface area contributed by atoms with Gasteiger partial charge in [-0.15, -0.1) is 0 Å². The molecule has 0 saturated carbocycles. The Morgan fingerprint density at radius 1 is 0.909 bits per heavy atom. The number of benzene rings is 2. The van der Waals surface area contributed by atoms with E-state index in [2.05, 4.69) is 4.98 Å². The van der Waals surface area contributed by atoms with Gasteiger partial charge in [-0.25, -0.2) is 0 Å². The Labute approximate surface area is 126 Å². The minimum Gasteiger partial charge on any atom is -0.503 e. The third-order valence-electron chi connectivity index (χ3n) is 3.41. The van der Waals surface area contributed by atoms with Crippen molar-refractivity contribution in [3.63, 3.8) is 0 Å². The smallest absolute Gasteiger partial charge is 0.291 e. The molecule has 0 atom stereocenters. The average Bonchev–Trinajstić information content (AvgIpc) is 2.58. The second kappa shape index (κ2) is 5.58. The Kier molecular flexibility index (Phi) is 3.47. The van der Waals surface area contributed by atoms with Crippen LogP contribution in [0.25, 0.3) is 22.3 Å². The molecule has 0 bridgehead atoms. The summed E-state index contributed by atoms with van der Waals surface area (Å²) in [6.45, 7) is 0. The van der Waals surface area contributed by atoms with E-state index in [-0.39, 0.29) is 5.69 Å². The molecule has 0 amide bonds. The summed E-state index contributed by atoms with van der Waals surface area (Å²) >= 11 is 0. The third kappa shape index (κ3) is 2.48. The van der Waals surface area contributed by atoms with E-state index < -0.39 is 11.3 Å². The van der Waals surface area contributed by atoms with Crippen molar-refractivity contribution in [2.75, 3.05) is 0 Å². The van der Waals surface area contributed by atoms with Crippen molar-refractivity contribution in [1.29, 1.82) is 5.26 Å². The molecule has 0 aliphatic carbocycles. The Morgan fingerprint density at radius 3 is 2.32 bits per heavy atom. The van der Waals surface area contributed by atoms with E-state index in [1.54, 1.807) is 0 Å². The highest BCUT2D eigenvalue weighted by Gasteiger charge is 2.10. The van der Waals surface area contributed by atoms with E-state index in [9.17, 15) is 15.2 Å². The van der Waals surface area contributed by atoms with Crippen LogP contribution in [0.4, 0.5) is 0 Å². The Hall–Kier alpha value is -3.32. The number of aromatic amines is 1. The Morgan fingerprint density at radius 2 is 1.59 bits per heavy atom. The molecule has 0 spiro atoms. The number of aromatic hydroxyl groups is 1. The summed E-state index contributed by atoms with van der Waals surface area (Å²) in [4.78, 5) is 13.8. The molecule has 1 heterocycles. The molecule has 4 heteroatoms. The van der Waals surface area contributed by atoms with Crippen LogP contribution in [-0.2, 0) is 0 Å². The predicted octanol–water partition coefficient (Wildman–Crippen LogP) is 3.29. The second-order valence-electron chi connectivity index (χ2n) is 4.83. The maximum atomic E-state index is 11.4. The van der Waals surface area contributed by atoms with Crippen LogP contribution in [0.3, 0.4) is 0 Å². The number of H-pyrrole nitrogens is 1. The molecular formula is C18H12N2O2. The van der Waals surface area contributed by atoms with Crippen molar-refractivity contribution in [3.8, 4) is 34.1 Å². The van der Waals surface area contributed by atoms with E-state index in [4.69, 9.17) is 0 Å². The summed E-state index contributed by atoms with van der Waals surface area (Å²) in [6.07, 6.45) is 0. The zero-order valence-electron chi connectivity index (χ0n) is 11.6. The first-order valence-electron chi connectivity index (χ1n) is 6.71. The summed E-state index contributed by atoms with van der Waals surface area (Å²) in [6, 6.07) is 20.7. The van der Waals surface area contributed by atoms with Crippen molar-refractivity contribution < 1.29 is 5.11 Å². The highest BCUT2D eigenvalue weighted by Crippen LogP contribution is 2.28. The number of aromatic nitrogens is 1. The number of hydrogen-bond acceptors (Lipinski definition) is 3. The Bertz CT molecular complexity index is 922. The largest absolute Gasteiger partial charge is 0.503 e. The molecule has 22 heavy (non-hydrogen) atoms. The van der Waals surface area contributed by atoms with Gasteiger partial charge >= 0.3 is 0 Å². The molecule has 0 unspecified atom stereocenters. The zero-order valence-corrected chi connectivity index (χ0v) is 11.6. The van der Waals surface area contributed by atoms with Crippen LogP contribution < -0.4 is 5.56 Å². The number of rotatable bonds is 2. The highest BCUT2D eigenvalue weighted by molar-refractivity contribution is 5.76. The van der Waals surface area contributed by atoms with Gasteiger partial charge in [0.15, 0.2) is 5.75 Å². The first kappa shape index (κ1) is 13.7. The molecule has 4 nitrogen and oxygen atoms in total. The number of nitriles is 1. The highest BCUT2D eigenvalue weighted by atomic mass is 16.3. The maximum Gasteiger partial charge on any atom is 0.291 e. The van der Waals surface area contributed by atoms with E-state index in [1.807, 2.05) is 60.7 Å². The summed E-state index contributed by atoms with van der Waals surface area (Å²) < 4.78 is 0. The lowest BCUT2D eigenvalue weighted by molar-refractivity contribution is 0.467. The second-order valence-corrected chi connectivity index (χ2v) is 4.83. The molecule has 3 aromatic rings. The molecule has 2 aromatic carbocycles. The molecule has 1 aromatic heterocycles. The molecule has 0 saturated heterocycles. The summed E-state index contributed by atoms with van der Waals surface area (Å²) in [7, 11) is 0. The van der Waals surface area contributed by atoms with E-state index in [0.717, 1.165) is 16.7 Å². The Balaban J connectivity index is 2.17. The first-order valence-corrected chi connectivity index (χ1v) is 6.71. The van der Waals surface area contributed by atoms with E-state index in [0.29, 0.717) is 5.56 Å². The van der Waals surface area contributed by atoms with Crippen LogP contribution in [-0.4, -0.2) is 10.1 Å². The molecule has 0 fully saturated rings. The lowest BCUT2D eigenvalue weighted by Crippen LogP contribution is -2.07. The lowest BCUT2D eigenvalue weighted by atomic mass is 9.98. The van der Waals surface area contributed by atoms with Crippen LogP contribution in [0, 0.1) is 11.3 Å². The van der Waals surface area contributed by atoms with Crippen molar-refractivity contribution >= 4 is 0 Å². The van der Waals surface area contributed by atoms with Gasteiger partial charge in [0, 0.05) is 5.56 Å². The van der Waals surface area contributed by atoms with E-state index >= 15 is 0 Å². The fourth-order valence-corrected chi connectivity index (χ4v) is 2.33. The zero-order chi connectivity index (χ0) is 15.5. The van der Waals surface area contributed by atoms with Gasteiger partial charge in [0.2, 0.25) is 0 Å². The van der Waals surface area contributed by atoms with E-state index in [1.165, 1.54) is 6.07 Å². The lowest BCUT2D eigenvalue weighted by Gasteiger charge is -2.08. The van der Waals surface area contributed by atoms with Crippen molar-refractivity contribution in [1.82, 2.24) is 4.98 Å². The fraction of sp³-hybridized carbons (Fsp3) is 0. The first-order chi connectivity index (χ1) is 10.7. The van der Waals surface area contributed by atoms with Gasteiger partial charge < -0.3 is 10.1 Å². The molecule has 106 valence electrons. The number of pyridine rings is 1. The van der Waals surface area contributed by atoms with Gasteiger partial charge in [-0.2, -0.15) is 5.26 Å². The molecule has 0 aliphatic rings. The van der Waals surface area contributed by atoms with Gasteiger partial charge in [0.1, 0.15) is 11.8 Å². The normalized spacial score (nSPS) is 10.1. The van der Waals surface area contributed by atoms with Crippen LogP contribution in [0.1, 0.15) is 5.69 Å². The summed E-state index contributed by atoms with van der Waals surface area (Å²) in [5, 5.41) is 18.8. The van der Waals surface area contributed by atoms with Gasteiger partial charge in [-0.3, -0.25) is 4.79 Å². The van der Waals surface area contributed by atoms with Gasteiger partial charge in [0.25, 0.3) is 5.56 Å². The van der Waals surface area contributed by atoms with Crippen LogP contribution in [0.15, 0.2) is 65.5 Å². The van der Waals surface area contributed by atoms with Crippen LogP contribution in [0.5, 0.6) is 5.75 Å². The average molecular weight is 288 g/mol. The quantitative estimate of drug-likeness (QED) is 0.759. The maximum absolute atomic E-state index is 11.4. The van der Waals surface area contributed by atoms with Gasteiger partial charge in [0.05, 0.1) is 0 Å². The SMILES string of the molecule is N#Cc1[nH]c(=O)c(O)cc1-c1cccc(-c2ccccc2)c1. The number of nitrogens with zero attached hydrogens (tertiary/aromatic N) is 1. The van der Waals surface area contributed by atoms with Crippen molar-refractivity contribution in [2.45, 2.75) is 0 Å². The van der Waals surface area contributed by atoms with Crippen molar-refractivity contribution in [2.24, 2.45) is 0 Å². The number of hydrogen-bond donors (Lipinski definition) is 2. The monoisotopic (exact) mass is 288 g/mol. The van der Waals surface area contributed by atoms with Crippen LogP contribution in [0.2, 0.25) is 0 Å². The fourth-order valence-electron chi connectivity index (χ4n) is 2.33.